The number of benzene rings is 1. The van der Waals surface area contributed by atoms with Crippen LogP contribution < -0.4 is 10.6 Å². The van der Waals surface area contributed by atoms with Crippen molar-refractivity contribution in [1.29, 1.82) is 0 Å². The minimum atomic E-state index is -4.52. The predicted molar refractivity (Wildman–Crippen MR) is 132 cm³/mol. The Balaban J connectivity index is 1.30. The van der Waals surface area contributed by atoms with Crippen LogP contribution in [-0.4, -0.2) is 36.0 Å². The number of nitrogens with one attached hydrogen (secondary N) is 2. The van der Waals surface area contributed by atoms with Gasteiger partial charge >= 0.3 is 12.2 Å². The quantitative estimate of drug-likeness (QED) is 0.465. The molecule has 3 amide bonds. The SMILES string of the molecule is CN1C(=O)C=C[C@]2(C)[C@H]3CC[C@]4(C)[C@@H](NC(=O)Nc5cc(C(F)(F)F)ccc5Cl)CC[C@H]4[C@@H]3CC[C@@H]12. The first kappa shape index (κ1) is 25.4. The van der Waals surface area contributed by atoms with Crippen LogP contribution in [0.25, 0.3) is 0 Å². The van der Waals surface area contributed by atoms with Gasteiger partial charge in [-0.05, 0) is 86.0 Å². The third-order valence-corrected chi connectivity index (χ3v) is 10.3. The van der Waals surface area contributed by atoms with Crippen LogP contribution >= 0.6 is 11.6 Å². The number of anilines is 1. The minimum Gasteiger partial charge on any atom is -0.338 e. The molecular formula is C27H33ClF3N3O2. The van der Waals surface area contributed by atoms with E-state index in [-0.39, 0.29) is 39.5 Å². The van der Waals surface area contributed by atoms with E-state index in [2.05, 4.69) is 30.6 Å². The summed E-state index contributed by atoms with van der Waals surface area (Å²) in [6.45, 7) is 4.55. The van der Waals surface area contributed by atoms with Gasteiger partial charge in [0.1, 0.15) is 0 Å². The van der Waals surface area contributed by atoms with Gasteiger partial charge in [-0.25, -0.2) is 4.79 Å². The molecule has 2 N–H and O–H groups in total. The average Bonchev–Trinajstić information content (AvgIpc) is 3.13. The molecule has 0 spiro atoms. The van der Waals surface area contributed by atoms with Gasteiger partial charge in [0.25, 0.3) is 0 Å². The number of amides is 3. The van der Waals surface area contributed by atoms with Crippen LogP contribution in [0.15, 0.2) is 30.4 Å². The number of urea groups is 1. The van der Waals surface area contributed by atoms with Gasteiger partial charge in [0.15, 0.2) is 0 Å². The Morgan fingerprint density at radius 3 is 2.58 bits per heavy atom. The fourth-order valence-electron chi connectivity index (χ4n) is 8.09. The second-order valence-corrected chi connectivity index (χ2v) is 12.0. The standard InChI is InChI=1S/C27H33ClF3N3O2/c1-25-12-10-18-16(5-9-22-26(18,2)13-11-23(35)34(22)3)17(25)6-8-21(25)33-24(36)32-20-14-15(27(29,30)31)4-7-19(20)28/h4,7,11,13-14,16-18,21-22H,5-6,8-10,12H2,1-3H3,(H2,32,33,36)/t16-,17-,18-,21-,22+,25-,26+/m0/s1. The lowest BCUT2D eigenvalue weighted by atomic mass is 9.48. The fraction of sp³-hybridized carbons (Fsp3) is 0.630. The molecule has 3 saturated carbocycles. The van der Waals surface area contributed by atoms with E-state index in [1.807, 2.05) is 11.9 Å². The molecule has 36 heavy (non-hydrogen) atoms. The Bertz CT molecular complexity index is 1110. The van der Waals surface area contributed by atoms with Crippen LogP contribution in [-0.2, 0) is 11.0 Å². The summed E-state index contributed by atoms with van der Waals surface area (Å²) in [5.41, 5.74) is -1.04. The molecule has 7 atom stereocenters. The van der Waals surface area contributed by atoms with Gasteiger partial charge in [0.05, 0.1) is 16.3 Å². The summed E-state index contributed by atoms with van der Waals surface area (Å²) in [6, 6.07) is 2.54. The molecule has 5 nitrogen and oxygen atoms in total. The maximum Gasteiger partial charge on any atom is 0.416 e. The van der Waals surface area contributed by atoms with Crippen LogP contribution in [0, 0.1) is 28.6 Å². The van der Waals surface area contributed by atoms with Crippen LogP contribution in [0.2, 0.25) is 5.02 Å². The second kappa shape index (κ2) is 8.67. The molecule has 4 aliphatic rings. The zero-order chi connectivity index (χ0) is 26.0. The number of halogens is 4. The zero-order valence-electron chi connectivity index (χ0n) is 20.8. The van der Waals surface area contributed by atoms with Crippen molar-refractivity contribution in [2.75, 3.05) is 12.4 Å². The molecule has 0 radical (unpaired) electrons. The lowest BCUT2D eigenvalue weighted by molar-refractivity contribution is -0.138. The molecule has 3 fully saturated rings. The van der Waals surface area contributed by atoms with E-state index in [0.29, 0.717) is 17.8 Å². The van der Waals surface area contributed by atoms with Gasteiger partial charge in [-0.2, -0.15) is 13.2 Å². The first-order chi connectivity index (χ1) is 16.8. The van der Waals surface area contributed by atoms with Crippen LogP contribution in [0.1, 0.15) is 57.9 Å². The van der Waals surface area contributed by atoms with Gasteiger partial charge in [-0.3, -0.25) is 4.79 Å². The highest BCUT2D eigenvalue weighted by atomic mass is 35.5. The Labute approximate surface area is 214 Å². The predicted octanol–water partition coefficient (Wildman–Crippen LogP) is 6.49. The van der Waals surface area contributed by atoms with Crippen molar-refractivity contribution >= 4 is 29.2 Å². The summed E-state index contributed by atoms with van der Waals surface area (Å²) in [6.07, 6.45) is 5.23. The average molecular weight is 524 g/mol. The van der Waals surface area contributed by atoms with Gasteiger partial charge in [0, 0.05) is 24.5 Å². The number of carbonyl (C=O) groups excluding carboxylic acids is 2. The number of carbonyl (C=O) groups is 2. The van der Waals surface area contributed by atoms with Gasteiger partial charge in [-0.15, -0.1) is 0 Å². The van der Waals surface area contributed by atoms with Crippen molar-refractivity contribution < 1.29 is 22.8 Å². The molecule has 3 aliphatic carbocycles. The minimum absolute atomic E-state index is 0.0456. The topological polar surface area (TPSA) is 61.4 Å². The Kier molecular flexibility index (Phi) is 6.13. The summed E-state index contributed by atoms with van der Waals surface area (Å²) in [5.74, 6) is 1.53. The van der Waals surface area contributed by atoms with Gasteiger partial charge in [-0.1, -0.05) is 31.5 Å². The number of hydrogen-bond acceptors (Lipinski definition) is 2. The van der Waals surface area contributed by atoms with Crippen molar-refractivity contribution in [1.82, 2.24) is 10.2 Å². The number of hydrogen-bond donors (Lipinski definition) is 2. The van der Waals surface area contributed by atoms with Crippen molar-refractivity contribution in [3.63, 3.8) is 0 Å². The summed E-state index contributed by atoms with van der Waals surface area (Å²) < 4.78 is 39.3. The first-order valence-electron chi connectivity index (χ1n) is 12.7. The summed E-state index contributed by atoms with van der Waals surface area (Å²) in [5, 5.41) is 5.67. The monoisotopic (exact) mass is 523 g/mol. The molecule has 9 heteroatoms. The Hall–Kier alpha value is -2.22. The molecule has 0 aromatic heterocycles. The van der Waals surface area contributed by atoms with Crippen LogP contribution in [0.4, 0.5) is 23.7 Å². The summed E-state index contributed by atoms with van der Waals surface area (Å²) >= 11 is 6.07. The van der Waals surface area contributed by atoms with E-state index in [0.717, 1.165) is 56.7 Å². The first-order valence-corrected chi connectivity index (χ1v) is 13.1. The number of alkyl halides is 3. The molecule has 1 aromatic rings. The molecule has 0 bridgehead atoms. The molecular weight excluding hydrogens is 491 g/mol. The van der Waals surface area contributed by atoms with E-state index >= 15 is 0 Å². The molecule has 196 valence electrons. The summed E-state index contributed by atoms with van der Waals surface area (Å²) in [4.78, 5) is 27.1. The van der Waals surface area contributed by atoms with E-state index in [1.54, 1.807) is 6.08 Å². The van der Waals surface area contributed by atoms with Crippen molar-refractivity contribution in [3.8, 4) is 0 Å². The van der Waals surface area contributed by atoms with E-state index in [9.17, 15) is 22.8 Å². The number of rotatable bonds is 2. The molecule has 0 saturated heterocycles. The number of nitrogens with zero attached hydrogens (tertiary/aromatic N) is 1. The van der Waals surface area contributed by atoms with Crippen LogP contribution in [0.5, 0.6) is 0 Å². The maximum atomic E-state index is 13.1. The highest BCUT2D eigenvalue weighted by molar-refractivity contribution is 6.33. The third-order valence-electron chi connectivity index (χ3n) is 9.97. The maximum absolute atomic E-state index is 13.1. The highest BCUT2D eigenvalue weighted by Gasteiger charge is 2.60. The van der Waals surface area contributed by atoms with Gasteiger partial charge in [0.2, 0.25) is 5.91 Å². The summed E-state index contributed by atoms with van der Waals surface area (Å²) in [7, 11) is 1.91. The van der Waals surface area contributed by atoms with E-state index in [1.165, 1.54) is 0 Å². The van der Waals surface area contributed by atoms with Crippen LogP contribution in [0.3, 0.4) is 0 Å². The smallest absolute Gasteiger partial charge is 0.338 e. The van der Waals surface area contributed by atoms with E-state index < -0.39 is 17.8 Å². The normalized spacial score (nSPS) is 37.7. The van der Waals surface area contributed by atoms with E-state index in [4.69, 9.17) is 11.6 Å². The van der Waals surface area contributed by atoms with Crippen molar-refractivity contribution in [2.24, 2.45) is 28.6 Å². The third kappa shape index (κ3) is 4.00. The van der Waals surface area contributed by atoms with Gasteiger partial charge < -0.3 is 15.5 Å². The van der Waals surface area contributed by atoms with Crippen molar-refractivity contribution in [2.45, 2.75) is 70.6 Å². The largest absolute Gasteiger partial charge is 0.416 e. The molecule has 1 aliphatic heterocycles. The Morgan fingerprint density at radius 1 is 1.11 bits per heavy atom. The molecule has 5 rings (SSSR count). The number of fused-ring (bicyclic) bond motifs is 5. The second-order valence-electron chi connectivity index (χ2n) is 11.6. The lowest BCUT2D eigenvalue weighted by Crippen LogP contribution is -2.60. The lowest BCUT2D eigenvalue weighted by Gasteiger charge is -2.60. The number of likely N-dealkylation sites (N-methyl/N-ethyl adjacent to an activating group) is 1. The zero-order valence-corrected chi connectivity index (χ0v) is 21.5. The Morgan fingerprint density at radius 2 is 1.86 bits per heavy atom. The highest BCUT2D eigenvalue weighted by Crippen LogP contribution is 2.63. The molecule has 0 unspecified atom stereocenters. The molecule has 1 aromatic carbocycles. The molecule has 1 heterocycles. The van der Waals surface area contributed by atoms with Crippen molar-refractivity contribution in [3.05, 3.63) is 40.9 Å². The fourth-order valence-corrected chi connectivity index (χ4v) is 8.25.